The molecular weight excluding hydrogens is 362 g/mol. The van der Waals surface area contributed by atoms with Crippen LogP contribution in [0.4, 0.5) is 26.3 Å². The minimum Gasteiger partial charge on any atom is -0.166 e. The second-order valence-electron chi connectivity index (χ2n) is 5.31. The highest BCUT2D eigenvalue weighted by molar-refractivity contribution is 7.13. The van der Waals surface area contributed by atoms with E-state index in [1.54, 1.807) is 24.3 Å². The molecule has 3 rings (SSSR count). The Kier molecular flexibility index (Phi) is 4.36. The predicted octanol–water partition coefficient (Wildman–Crippen LogP) is 7.12. The van der Waals surface area contributed by atoms with Crippen molar-refractivity contribution >= 4 is 11.3 Å². The molecule has 0 spiro atoms. The van der Waals surface area contributed by atoms with Crippen molar-refractivity contribution in [2.24, 2.45) is 0 Å². The summed E-state index contributed by atoms with van der Waals surface area (Å²) < 4.78 is 77.5. The van der Waals surface area contributed by atoms with Crippen LogP contribution in [0.25, 0.3) is 21.6 Å². The third kappa shape index (κ3) is 3.71. The van der Waals surface area contributed by atoms with Crippen molar-refractivity contribution < 1.29 is 26.3 Å². The van der Waals surface area contributed by atoms with E-state index in [2.05, 4.69) is 0 Å². The highest BCUT2D eigenvalue weighted by Gasteiger charge is 2.43. The van der Waals surface area contributed by atoms with Crippen molar-refractivity contribution in [1.82, 2.24) is 0 Å². The number of benzene rings is 2. The third-order valence-electron chi connectivity index (χ3n) is 3.65. The smallest absolute Gasteiger partial charge is 0.166 e. The van der Waals surface area contributed by atoms with Gasteiger partial charge >= 0.3 is 12.4 Å². The van der Waals surface area contributed by atoms with E-state index in [0.29, 0.717) is 17.7 Å². The largest absolute Gasteiger partial charge is 0.417 e. The van der Waals surface area contributed by atoms with Gasteiger partial charge in [-0.05, 0) is 40.3 Å². The molecule has 0 nitrogen and oxygen atoms in total. The van der Waals surface area contributed by atoms with Crippen molar-refractivity contribution in [3.63, 3.8) is 0 Å². The Labute approximate surface area is 143 Å². The molecule has 130 valence electrons. The van der Waals surface area contributed by atoms with Gasteiger partial charge < -0.3 is 0 Å². The summed E-state index contributed by atoms with van der Waals surface area (Å²) in [5.74, 6) is 0. The molecule has 0 saturated carbocycles. The van der Waals surface area contributed by atoms with Crippen molar-refractivity contribution in [3.05, 3.63) is 71.1 Å². The molecule has 2 aromatic carbocycles. The summed E-state index contributed by atoms with van der Waals surface area (Å²) >= 11 is 1.51. The van der Waals surface area contributed by atoms with Gasteiger partial charge in [-0.1, -0.05) is 36.4 Å². The first-order chi connectivity index (χ1) is 11.7. The van der Waals surface area contributed by atoms with Crippen LogP contribution in [0.15, 0.2) is 60.0 Å². The van der Waals surface area contributed by atoms with Crippen molar-refractivity contribution in [3.8, 4) is 21.6 Å². The highest BCUT2D eigenvalue weighted by Crippen LogP contribution is 2.42. The van der Waals surface area contributed by atoms with Crippen LogP contribution in [0.2, 0.25) is 0 Å². The van der Waals surface area contributed by atoms with Gasteiger partial charge in [-0.15, -0.1) is 11.3 Å². The second kappa shape index (κ2) is 6.22. The zero-order chi connectivity index (χ0) is 18.2. The minimum atomic E-state index is -5.09. The molecular formula is C18H10F6S. The molecule has 0 N–H and O–H groups in total. The Bertz CT molecular complexity index is 858. The average Bonchev–Trinajstić information content (AvgIpc) is 3.07. The standard InChI is InChI=1S/C18H10F6S/c19-17(20,21)14-8-7-13(10-15(14)18(22,23)24)11-3-5-12(6-4-11)16-2-1-9-25-16/h1-10H. The SMILES string of the molecule is FC(F)(F)c1ccc(-c2ccc(-c3cccs3)cc2)cc1C(F)(F)F. The van der Waals surface area contributed by atoms with E-state index < -0.39 is 23.5 Å². The van der Waals surface area contributed by atoms with Gasteiger partial charge in [-0.3, -0.25) is 0 Å². The zero-order valence-electron chi connectivity index (χ0n) is 12.4. The number of hydrogen-bond acceptors (Lipinski definition) is 1. The number of halogens is 6. The summed E-state index contributed by atoms with van der Waals surface area (Å²) in [6, 6.07) is 12.5. The molecule has 0 unspecified atom stereocenters. The number of alkyl halides is 6. The van der Waals surface area contributed by atoms with Crippen LogP contribution in [0, 0.1) is 0 Å². The van der Waals surface area contributed by atoms with Gasteiger partial charge in [-0.25, -0.2) is 0 Å². The van der Waals surface area contributed by atoms with Crippen molar-refractivity contribution in [1.29, 1.82) is 0 Å². The van der Waals surface area contributed by atoms with Crippen LogP contribution < -0.4 is 0 Å². The maximum absolute atomic E-state index is 13.0. The van der Waals surface area contributed by atoms with E-state index in [9.17, 15) is 26.3 Å². The van der Waals surface area contributed by atoms with Gasteiger partial charge in [0.25, 0.3) is 0 Å². The van der Waals surface area contributed by atoms with Crippen molar-refractivity contribution in [2.45, 2.75) is 12.4 Å². The van der Waals surface area contributed by atoms with E-state index in [0.717, 1.165) is 16.5 Å². The van der Waals surface area contributed by atoms with Gasteiger partial charge in [-0.2, -0.15) is 26.3 Å². The normalized spacial score (nSPS) is 12.4. The Hall–Kier alpha value is -2.28. The minimum absolute atomic E-state index is 0.0815. The average molecular weight is 372 g/mol. The van der Waals surface area contributed by atoms with Gasteiger partial charge in [0.15, 0.2) is 0 Å². The fourth-order valence-corrected chi connectivity index (χ4v) is 3.21. The molecule has 0 fully saturated rings. The molecule has 0 atom stereocenters. The molecule has 1 aromatic heterocycles. The van der Waals surface area contributed by atoms with Crippen molar-refractivity contribution in [2.75, 3.05) is 0 Å². The number of hydrogen-bond donors (Lipinski definition) is 0. The zero-order valence-corrected chi connectivity index (χ0v) is 13.3. The van der Waals surface area contributed by atoms with Crippen LogP contribution in [0.5, 0.6) is 0 Å². The Morgan fingerprint density at radius 2 is 1.16 bits per heavy atom. The molecule has 0 aliphatic carbocycles. The first-order valence-corrected chi connectivity index (χ1v) is 7.97. The lowest BCUT2D eigenvalue weighted by atomic mass is 9.97. The van der Waals surface area contributed by atoms with Gasteiger partial charge in [0, 0.05) is 4.88 Å². The second-order valence-corrected chi connectivity index (χ2v) is 6.26. The quantitative estimate of drug-likeness (QED) is 0.420. The van der Waals surface area contributed by atoms with Gasteiger partial charge in [0.05, 0.1) is 11.1 Å². The van der Waals surface area contributed by atoms with E-state index in [1.807, 2.05) is 17.5 Å². The van der Waals surface area contributed by atoms with Gasteiger partial charge in [0.1, 0.15) is 0 Å². The maximum atomic E-state index is 13.0. The lowest BCUT2D eigenvalue weighted by Gasteiger charge is -2.16. The lowest BCUT2D eigenvalue weighted by molar-refractivity contribution is -0.162. The molecule has 25 heavy (non-hydrogen) atoms. The van der Waals surface area contributed by atoms with Crippen LogP contribution in [0.1, 0.15) is 11.1 Å². The van der Waals surface area contributed by atoms with Crippen LogP contribution in [-0.4, -0.2) is 0 Å². The number of rotatable bonds is 2. The Morgan fingerprint density at radius 1 is 0.600 bits per heavy atom. The first kappa shape index (κ1) is 17.5. The molecule has 0 aliphatic heterocycles. The third-order valence-corrected chi connectivity index (χ3v) is 4.57. The molecule has 0 bridgehead atoms. The van der Waals surface area contributed by atoms with E-state index in [-0.39, 0.29) is 5.56 Å². The maximum Gasteiger partial charge on any atom is 0.417 e. The molecule has 7 heteroatoms. The molecule has 0 amide bonds. The summed E-state index contributed by atoms with van der Waals surface area (Å²) in [7, 11) is 0. The topological polar surface area (TPSA) is 0 Å². The Balaban J connectivity index is 2.03. The van der Waals surface area contributed by atoms with Crippen LogP contribution in [0.3, 0.4) is 0 Å². The first-order valence-electron chi connectivity index (χ1n) is 7.09. The fraction of sp³-hybridized carbons (Fsp3) is 0.111. The summed E-state index contributed by atoms with van der Waals surface area (Å²) in [6.07, 6.45) is -10.1. The fourth-order valence-electron chi connectivity index (χ4n) is 2.48. The Morgan fingerprint density at radius 3 is 1.68 bits per heavy atom. The van der Waals surface area contributed by atoms with Crippen LogP contribution in [-0.2, 0) is 12.4 Å². The predicted molar refractivity (Wildman–Crippen MR) is 85.2 cm³/mol. The lowest BCUT2D eigenvalue weighted by Crippen LogP contribution is -2.16. The summed E-state index contributed by atoms with van der Waals surface area (Å²) in [5.41, 5.74) is -1.97. The molecule has 0 saturated heterocycles. The van der Waals surface area contributed by atoms with E-state index >= 15 is 0 Å². The van der Waals surface area contributed by atoms with E-state index in [1.165, 1.54) is 11.3 Å². The van der Waals surface area contributed by atoms with Gasteiger partial charge in [0.2, 0.25) is 0 Å². The molecule has 3 aromatic rings. The highest BCUT2D eigenvalue weighted by atomic mass is 32.1. The van der Waals surface area contributed by atoms with E-state index in [4.69, 9.17) is 0 Å². The summed E-state index contributed by atoms with van der Waals surface area (Å²) in [4.78, 5) is 0.995. The summed E-state index contributed by atoms with van der Waals surface area (Å²) in [6.45, 7) is 0. The molecule has 0 radical (unpaired) electrons. The van der Waals surface area contributed by atoms with Crippen LogP contribution >= 0.6 is 11.3 Å². The number of thiophene rings is 1. The monoisotopic (exact) mass is 372 g/mol. The molecule has 1 heterocycles. The summed E-state index contributed by atoms with van der Waals surface area (Å²) in [5, 5.41) is 1.90. The molecule has 0 aliphatic rings.